The summed E-state index contributed by atoms with van der Waals surface area (Å²) in [4.78, 5) is 11.3. The molecule has 1 aromatic rings. The van der Waals surface area contributed by atoms with Gasteiger partial charge in [-0.1, -0.05) is 33.6 Å². The van der Waals surface area contributed by atoms with Crippen LogP contribution in [-0.4, -0.2) is 19.2 Å². The first-order valence-corrected chi connectivity index (χ1v) is 5.87. The molecule has 1 aliphatic rings. The standard InChI is InChI=1S/C11H10BrClO3/c1-11(9(16-11)10(14)15-2)7-4-3-6(12)5-8(7)13/h3-5,9H,1-2H3. The maximum atomic E-state index is 11.3. The number of esters is 1. The first-order chi connectivity index (χ1) is 7.49. The molecule has 0 aromatic heterocycles. The van der Waals surface area contributed by atoms with Crippen molar-refractivity contribution in [2.45, 2.75) is 18.6 Å². The summed E-state index contributed by atoms with van der Waals surface area (Å²) in [5.41, 5.74) is 0.137. The number of methoxy groups -OCH3 is 1. The largest absolute Gasteiger partial charge is 0.467 e. The molecule has 1 saturated heterocycles. The Hall–Kier alpha value is -0.580. The molecule has 2 rings (SSSR count). The Morgan fingerprint density at radius 2 is 2.31 bits per heavy atom. The van der Waals surface area contributed by atoms with Gasteiger partial charge in [0.2, 0.25) is 0 Å². The number of carbonyl (C=O) groups excluding carboxylic acids is 1. The van der Waals surface area contributed by atoms with Crippen LogP contribution < -0.4 is 0 Å². The van der Waals surface area contributed by atoms with E-state index in [0.717, 1.165) is 10.0 Å². The molecule has 1 aliphatic heterocycles. The summed E-state index contributed by atoms with van der Waals surface area (Å²) in [6.45, 7) is 1.82. The molecule has 0 amide bonds. The van der Waals surface area contributed by atoms with Crippen LogP contribution in [-0.2, 0) is 19.9 Å². The minimum Gasteiger partial charge on any atom is -0.467 e. The third-order valence-corrected chi connectivity index (χ3v) is 3.49. The second-order valence-corrected chi connectivity index (χ2v) is 5.08. The van der Waals surface area contributed by atoms with Crippen LogP contribution in [0.4, 0.5) is 0 Å². The lowest BCUT2D eigenvalue weighted by atomic mass is 9.97. The predicted molar refractivity (Wildman–Crippen MR) is 63.4 cm³/mol. The van der Waals surface area contributed by atoms with Crippen LogP contribution in [0.1, 0.15) is 12.5 Å². The van der Waals surface area contributed by atoms with Crippen LogP contribution >= 0.6 is 27.5 Å². The van der Waals surface area contributed by atoms with Crippen molar-refractivity contribution in [2.75, 3.05) is 7.11 Å². The molecule has 0 bridgehead atoms. The van der Waals surface area contributed by atoms with E-state index in [4.69, 9.17) is 16.3 Å². The number of carbonyl (C=O) groups is 1. The van der Waals surface area contributed by atoms with Gasteiger partial charge in [0.1, 0.15) is 5.60 Å². The lowest BCUT2D eigenvalue weighted by molar-refractivity contribution is -0.142. The van der Waals surface area contributed by atoms with Gasteiger partial charge < -0.3 is 9.47 Å². The number of benzene rings is 1. The van der Waals surface area contributed by atoms with Crippen molar-refractivity contribution in [3.8, 4) is 0 Å². The molecule has 1 heterocycles. The van der Waals surface area contributed by atoms with Crippen LogP contribution in [0.5, 0.6) is 0 Å². The maximum Gasteiger partial charge on any atom is 0.338 e. The van der Waals surface area contributed by atoms with E-state index >= 15 is 0 Å². The van der Waals surface area contributed by atoms with E-state index in [1.54, 1.807) is 6.07 Å². The topological polar surface area (TPSA) is 38.8 Å². The second kappa shape index (κ2) is 4.02. The van der Waals surface area contributed by atoms with Crippen molar-refractivity contribution < 1.29 is 14.3 Å². The Morgan fingerprint density at radius 3 is 2.88 bits per heavy atom. The van der Waals surface area contributed by atoms with E-state index < -0.39 is 11.7 Å². The average Bonchev–Trinajstić information content (AvgIpc) is 2.90. The molecular weight excluding hydrogens is 295 g/mol. The van der Waals surface area contributed by atoms with E-state index in [9.17, 15) is 4.79 Å². The highest BCUT2D eigenvalue weighted by atomic mass is 79.9. The molecule has 1 fully saturated rings. The normalized spacial score (nSPS) is 27.6. The van der Waals surface area contributed by atoms with Crippen LogP contribution in [0.2, 0.25) is 5.02 Å². The van der Waals surface area contributed by atoms with Gasteiger partial charge in [-0.05, 0) is 19.1 Å². The monoisotopic (exact) mass is 304 g/mol. The zero-order valence-electron chi connectivity index (χ0n) is 8.79. The molecular formula is C11H10BrClO3. The van der Waals surface area contributed by atoms with Crippen molar-refractivity contribution in [3.05, 3.63) is 33.3 Å². The fourth-order valence-corrected chi connectivity index (χ4v) is 2.55. The van der Waals surface area contributed by atoms with Gasteiger partial charge in [-0.15, -0.1) is 0 Å². The third-order valence-electron chi connectivity index (χ3n) is 2.69. The van der Waals surface area contributed by atoms with Gasteiger partial charge in [0.25, 0.3) is 0 Å². The molecule has 3 nitrogen and oxygen atoms in total. The number of ether oxygens (including phenoxy) is 2. The van der Waals surface area contributed by atoms with Crippen LogP contribution in [0.15, 0.2) is 22.7 Å². The fourth-order valence-electron chi connectivity index (χ4n) is 1.69. The van der Waals surface area contributed by atoms with Crippen molar-refractivity contribution in [3.63, 3.8) is 0 Å². The van der Waals surface area contributed by atoms with Gasteiger partial charge in [-0.25, -0.2) is 4.79 Å². The quantitative estimate of drug-likeness (QED) is 0.623. The summed E-state index contributed by atoms with van der Waals surface area (Å²) in [6, 6.07) is 5.48. The molecule has 0 spiro atoms. The molecule has 0 N–H and O–H groups in total. The predicted octanol–water partition coefficient (Wildman–Crippen LogP) is 2.89. The molecule has 2 atom stereocenters. The van der Waals surface area contributed by atoms with Crippen LogP contribution in [0.3, 0.4) is 0 Å². The maximum absolute atomic E-state index is 11.3. The average molecular weight is 306 g/mol. The SMILES string of the molecule is COC(=O)C1OC1(C)c1ccc(Br)cc1Cl. The molecule has 1 aromatic carbocycles. The van der Waals surface area contributed by atoms with Gasteiger partial charge in [0, 0.05) is 15.1 Å². The number of hydrogen-bond donors (Lipinski definition) is 0. The Kier molecular flexibility index (Phi) is 2.99. The Labute approximate surface area is 107 Å². The highest BCUT2D eigenvalue weighted by Gasteiger charge is 2.59. The molecule has 16 heavy (non-hydrogen) atoms. The van der Waals surface area contributed by atoms with Crippen molar-refractivity contribution >= 4 is 33.5 Å². The van der Waals surface area contributed by atoms with Crippen molar-refractivity contribution in [1.29, 1.82) is 0 Å². The van der Waals surface area contributed by atoms with Gasteiger partial charge in [0.15, 0.2) is 6.10 Å². The summed E-state index contributed by atoms with van der Waals surface area (Å²) in [6.07, 6.45) is -0.559. The van der Waals surface area contributed by atoms with E-state index in [2.05, 4.69) is 20.7 Å². The van der Waals surface area contributed by atoms with Crippen LogP contribution in [0.25, 0.3) is 0 Å². The van der Waals surface area contributed by atoms with Gasteiger partial charge in [0.05, 0.1) is 7.11 Å². The molecule has 0 aliphatic carbocycles. The molecule has 86 valence electrons. The second-order valence-electron chi connectivity index (χ2n) is 3.75. The van der Waals surface area contributed by atoms with E-state index in [1.165, 1.54) is 7.11 Å². The van der Waals surface area contributed by atoms with Gasteiger partial charge in [-0.3, -0.25) is 0 Å². The Balaban J connectivity index is 2.30. The molecule has 2 unspecified atom stereocenters. The fraction of sp³-hybridized carbons (Fsp3) is 0.364. The van der Waals surface area contributed by atoms with E-state index in [1.807, 2.05) is 19.1 Å². The molecule has 0 saturated carbocycles. The third kappa shape index (κ3) is 1.85. The van der Waals surface area contributed by atoms with Crippen LogP contribution in [0, 0.1) is 0 Å². The minimum absolute atomic E-state index is 0.374. The van der Waals surface area contributed by atoms with Crippen molar-refractivity contribution in [2.24, 2.45) is 0 Å². The highest BCUT2D eigenvalue weighted by Crippen LogP contribution is 2.49. The number of epoxide rings is 1. The molecule has 0 radical (unpaired) electrons. The Bertz CT molecular complexity index is 449. The minimum atomic E-state index is -0.662. The summed E-state index contributed by atoms with van der Waals surface area (Å²) >= 11 is 9.43. The zero-order chi connectivity index (χ0) is 11.9. The van der Waals surface area contributed by atoms with E-state index in [-0.39, 0.29) is 5.97 Å². The number of rotatable bonds is 2. The Morgan fingerprint density at radius 1 is 1.62 bits per heavy atom. The summed E-state index contributed by atoms with van der Waals surface area (Å²) in [5, 5.41) is 0.572. The van der Waals surface area contributed by atoms with E-state index in [0.29, 0.717) is 5.02 Å². The summed E-state index contributed by atoms with van der Waals surface area (Å²) in [5.74, 6) is -0.374. The van der Waals surface area contributed by atoms with Crippen molar-refractivity contribution in [1.82, 2.24) is 0 Å². The highest BCUT2D eigenvalue weighted by molar-refractivity contribution is 9.10. The number of hydrogen-bond acceptors (Lipinski definition) is 3. The summed E-state index contributed by atoms with van der Waals surface area (Å²) in [7, 11) is 1.34. The molecule has 5 heteroatoms. The smallest absolute Gasteiger partial charge is 0.338 e. The first kappa shape index (κ1) is 11.9. The summed E-state index contributed by atoms with van der Waals surface area (Å²) < 4.78 is 10.9. The lowest BCUT2D eigenvalue weighted by Crippen LogP contribution is -2.17. The zero-order valence-corrected chi connectivity index (χ0v) is 11.1. The first-order valence-electron chi connectivity index (χ1n) is 4.70. The van der Waals surface area contributed by atoms with Gasteiger partial charge in [-0.2, -0.15) is 0 Å². The van der Waals surface area contributed by atoms with Gasteiger partial charge >= 0.3 is 5.97 Å². The lowest BCUT2D eigenvalue weighted by Gasteiger charge is -2.09. The number of halogens is 2.